The largest absolute Gasteiger partial charge is 0.496 e. The fourth-order valence-electron chi connectivity index (χ4n) is 5.69. The second-order valence-electron chi connectivity index (χ2n) is 7.32. The van der Waals surface area contributed by atoms with Gasteiger partial charge in [-0.25, -0.2) is 0 Å². The van der Waals surface area contributed by atoms with Crippen LogP contribution in [0.2, 0.25) is 0 Å². The van der Waals surface area contributed by atoms with E-state index in [9.17, 15) is 0 Å². The molecule has 4 rings (SSSR count). The molecule has 0 aromatic heterocycles. The van der Waals surface area contributed by atoms with Crippen LogP contribution in [-0.4, -0.2) is 25.7 Å². The Hall–Kier alpha value is -1.06. The summed E-state index contributed by atoms with van der Waals surface area (Å²) in [5, 5.41) is 3.71. The van der Waals surface area contributed by atoms with Gasteiger partial charge in [0.25, 0.3) is 0 Å². The maximum atomic E-state index is 6.52. The average molecular weight is 286 g/mol. The molecule has 1 aromatic carbocycles. The van der Waals surface area contributed by atoms with Crippen LogP contribution < -0.4 is 15.8 Å². The van der Waals surface area contributed by atoms with E-state index in [0.717, 1.165) is 24.6 Å². The monoisotopic (exact) mass is 286 g/mol. The van der Waals surface area contributed by atoms with E-state index in [2.05, 4.69) is 29.6 Å². The highest BCUT2D eigenvalue weighted by Crippen LogP contribution is 2.59. The number of piperidine rings is 1. The van der Waals surface area contributed by atoms with Crippen molar-refractivity contribution < 1.29 is 4.74 Å². The van der Waals surface area contributed by atoms with Gasteiger partial charge in [-0.05, 0) is 54.6 Å². The van der Waals surface area contributed by atoms with Crippen molar-refractivity contribution in [3.05, 3.63) is 29.8 Å². The summed E-state index contributed by atoms with van der Waals surface area (Å²) in [6.07, 6.45) is 6.49. The number of hydrogen-bond acceptors (Lipinski definition) is 3. The fourth-order valence-corrected chi connectivity index (χ4v) is 5.69. The zero-order chi connectivity index (χ0) is 14.4. The summed E-state index contributed by atoms with van der Waals surface area (Å²) in [4.78, 5) is 0. The number of nitrogens with one attached hydrogen (secondary N) is 1. The van der Waals surface area contributed by atoms with Gasteiger partial charge >= 0.3 is 0 Å². The molecule has 4 bridgehead atoms. The van der Waals surface area contributed by atoms with Crippen LogP contribution in [0.3, 0.4) is 0 Å². The Labute approximate surface area is 127 Å². The van der Waals surface area contributed by atoms with Crippen molar-refractivity contribution in [2.45, 2.75) is 44.2 Å². The maximum Gasteiger partial charge on any atom is 0.122 e. The standard InChI is InChI=1S/C18H26N2O/c1-21-16-7-3-2-5-12(16)9-18-8-4-6-13-15(10-18)20-11-14(19)17(13)18/h2-3,5,7,13-15,17,20H,4,6,8-11,19H2,1H3. The van der Waals surface area contributed by atoms with Crippen molar-refractivity contribution in [3.63, 3.8) is 0 Å². The van der Waals surface area contributed by atoms with Crippen molar-refractivity contribution in [2.75, 3.05) is 13.7 Å². The topological polar surface area (TPSA) is 47.3 Å². The van der Waals surface area contributed by atoms with Crippen LogP contribution in [0.4, 0.5) is 0 Å². The zero-order valence-electron chi connectivity index (χ0n) is 12.8. The lowest BCUT2D eigenvalue weighted by Crippen LogP contribution is -2.55. The third kappa shape index (κ3) is 2.01. The van der Waals surface area contributed by atoms with Crippen molar-refractivity contribution in [3.8, 4) is 5.75 Å². The molecule has 5 atom stereocenters. The van der Waals surface area contributed by atoms with Gasteiger partial charge in [0.15, 0.2) is 0 Å². The quantitative estimate of drug-likeness (QED) is 0.896. The Kier molecular flexibility index (Phi) is 3.23. The molecule has 1 saturated heterocycles. The number of methoxy groups -OCH3 is 1. The van der Waals surface area contributed by atoms with Crippen LogP contribution >= 0.6 is 0 Å². The Morgan fingerprint density at radius 3 is 3.10 bits per heavy atom. The van der Waals surface area contributed by atoms with Crippen LogP contribution in [0.1, 0.15) is 31.2 Å². The highest BCUT2D eigenvalue weighted by atomic mass is 16.5. The number of benzene rings is 1. The molecule has 0 spiro atoms. The maximum absolute atomic E-state index is 6.52. The van der Waals surface area contributed by atoms with E-state index in [4.69, 9.17) is 10.5 Å². The molecular formula is C18H26N2O. The smallest absolute Gasteiger partial charge is 0.122 e. The molecule has 3 aliphatic rings. The van der Waals surface area contributed by atoms with Crippen molar-refractivity contribution in [1.82, 2.24) is 5.32 Å². The summed E-state index contributed by atoms with van der Waals surface area (Å²) in [6, 6.07) is 9.54. The molecule has 3 fully saturated rings. The predicted octanol–water partition coefficient (Wildman–Crippen LogP) is 2.34. The molecule has 1 aromatic rings. The van der Waals surface area contributed by atoms with Crippen LogP contribution in [0.5, 0.6) is 5.75 Å². The Balaban J connectivity index is 1.69. The highest BCUT2D eigenvalue weighted by molar-refractivity contribution is 5.35. The van der Waals surface area contributed by atoms with Crippen LogP contribution in [0.25, 0.3) is 0 Å². The summed E-state index contributed by atoms with van der Waals surface area (Å²) in [7, 11) is 1.78. The fraction of sp³-hybridized carbons (Fsp3) is 0.667. The van der Waals surface area contributed by atoms with Crippen molar-refractivity contribution >= 4 is 0 Å². The van der Waals surface area contributed by atoms with Gasteiger partial charge in [-0.15, -0.1) is 0 Å². The molecule has 1 heterocycles. The number of hydrogen-bond donors (Lipinski definition) is 2. The molecule has 21 heavy (non-hydrogen) atoms. The van der Waals surface area contributed by atoms with Gasteiger partial charge in [0.05, 0.1) is 7.11 Å². The minimum Gasteiger partial charge on any atom is -0.496 e. The van der Waals surface area contributed by atoms with Gasteiger partial charge in [0.1, 0.15) is 5.75 Å². The number of ether oxygens (including phenoxy) is 1. The molecule has 2 saturated carbocycles. The molecule has 2 aliphatic carbocycles. The third-order valence-corrected chi connectivity index (χ3v) is 6.34. The predicted molar refractivity (Wildman–Crippen MR) is 84.3 cm³/mol. The first kappa shape index (κ1) is 13.6. The third-order valence-electron chi connectivity index (χ3n) is 6.34. The van der Waals surface area contributed by atoms with E-state index in [1.54, 1.807) is 7.11 Å². The van der Waals surface area contributed by atoms with Gasteiger partial charge in [-0.3, -0.25) is 0 Å². The van der Waals surface area contributed by atoms with Gasteiger partial charge in [0.2, 0.25) is 0 Å². The second-order valence-corrected chi connectivity index (χ2v) is 7.32. The number of nitrogens with two attached hydrogens (primary N) is 1. The molecule has 3 N–H and O–H groups in total. The van der Waals surface area contributed by atoms with Crippen molar-refractivity contribution in [2.24, 2.45) is 23.0 Å². The summed E-state index contributed by atoms with van der Waals surface area (Å²) in [5.41, 5.74) is 8.28. The molecule has 5 unspecified atom stereocenters. The molecule has 0 radical (unpaired) electrons. The van der Waals surface area contributed by atoms with E-state index < -0.39 is 0 Å². The highest BCUT2D eigenvalue weighted by Gasteiger charge is 2.58. The lowest BCUT2D eigenvalue weighted by molar-refractivity contribution is 0.0711. The van der Waals surface area contributed by atoms with Gasteiger partial charge in [-0.2, -0.15) is 0 Å². The number of para-hydroxylation sites is 1. The summed E-state index contributed by atoms with van der Waals surface area (Å²) < 4.78 is 5.58. The molecule has 3 nitrogen and oxygen atoms in total. The first-order valence-electron chi connectivity index (χ1n) is 8.34. The Morgan fingerprint density at radius 1 is 1.38 bits per heavy atom. The van der Waals surface area contributed by atoms with E-state index in [-0.39, 0.29) is 0 Å². The van der Waals surface area contributed by atoms with Crippen LogP contribution in [-0.2, 0) is 6.42 Å². The van der Waals surface area contributed by atoms with E-state index in [0.29, 0.717) is 23.4 Å². The molecule has 0 amide bonds. The minimum atomic E-state index is 0.323. The normalized spacial score (nSPS) is 41.0. The summed E-state index contributed by atoms with van der Waals surface area (Å²) in [5.74, 6) is 2.54. The molecule has 3 heteroatoms. The Morgan fingerprint density at radius 2 is 2.24 bits per heavy atom. The van der Waals surface area contributed by atoms with Crippen molar-refractivity contribution in [1.29, 1.82) is 0 Å². The minimum absolute atomic E-state index is 0.323. The SMILES string of the molecule is COc1ccccc1CC12CCCC3C(C1)NCC(N)C32. The van der Waals surface area contributed by atoms with Crippen LogP contribution in [0.15, 0.2) is 24.3 Å². The average Bonchev–Trinajstić information content (AvgIpc) is 2.62. The summed E-state index contributed by atoms with van der Waals surface area (Å²) >= 11 is 0. The second kappa shape index (κ2) is 4.99. The summed E-state index contributed by atoms with van der Waals surface area (Å²) in [6.45, 7) is 1.000. The lowest BCUT2D eigenvalue weighted by atomic mass is 9.61. The van der Waals surface area contributed by atoms with Crippen LogP contribution in [0, 0.1) is 17.3 Å². The lowest BCUT2D eigenvalue weighted by Gasteiger charge is -2.46. The van der Waals surface area contributed by atoms with Gasteiger partial charge in [-0.1, -0.05) is 24.6 Å². The Bertz CT molecular complexity index is 532. The van der Waals surface area contributed by atoms with E-state index in [1.165, 1.54) is 31.2 Å². The molecular weight excluding hydrogens is 260 g/mol. The zero-order valence-corrected chi connectivity index (χ0v) is 12.8. The number of rotatable bonds is 3. The first-order chi connectivity index (χ1) is 10.2. The molecule has 1 aliphatic heterocycles. The van der Waals surface area contributed by atoms with E-state index in [1.807, 2.05) is 0 Å². The first-order valence-corrected chi connectivity index (χ1v) is 8.34. The van der Waals surface area contributed by atoms with Gasteiger partial charge in [0, 0.05) is 18.6 Å². The van der Waals surface area contributed by atoms with E-state index >= 15 is 0 Å². The van der Waals surface area contributed by atoms with Gasteiger partial charge < -0.3 is 15.8 Å². The molecule has 114 valence electrons.